The maximum atomic E-state index is 9.67. The van der Waals surface area contributed by atoms with Crippen molar-refractivity contribution in [2.75, 3.05) is 26.2 Å². The number of rotatable bonds is 4. The van der Waals surface area contributed by atoms with E-state index in [4.69, 9.17) is 0 Å². The van der Waals surface area contributed by atoms with Crippen molar-refractivity contribution in [2.45, 2.75) is 44.6 Å². The van der Waals surface area contributed by atoms with Gasteiger partial charge in [-0.3, -0.25) is 0 Å². The van der Waals surface area contributed by atoms with Crippen molar-refractivity contribution in [3.05, 3.63) is 0 Å². The third kappa shape index (κ3) is 5.12. The van der Waals surface area contributed by atoms with Gasteiger partial charge in [-0.15, -0.1) is 12.4 Å². The second-order valence-electron chi connectivity index (χ2n) is 5.50. The van der Waals surface area contributed by atoms with Crippen LogP contribution in [0.1, 0.15) is 38.5 Å². The lowest BCUT2D eigenvalue weighted by Gasteiger charge is -2.18. The lowest BCUT2D eigenvalue weighted by atomic mass is 10.00. The summed E-state index contributed by atoms with van der Waals surface area (Å²) in [7, 11) is 0. The Labute approximate surface area is 111 Å². The topological polar surface area (TPSA) is 44.3 Å². The molecule has 2 aliphatic rings. The zero-order chi connectivity index (χ0) is 11.2. The second-order valence-corrected chi connectivity index (χ2v) is 5.50. The average Bonchev–Trinajstić information content (AvgIpc) is 2.55. The van der Waals surface area contributed by atoms with Crippen molar-refractivity contribution in [2.24, 2.45) is 11.8 Å². The molecule has 102 valence electrons. The van der Waals surface area contributed by atoms with Gasteiger partial charge in [0.15, 0.2) is 0 Å². The number of halogens is 1. The molecule has 3 N–H and O–H groups in total. The first-order valence-electron chi connectivity index (χ1n) is 6.96. The Morgan fingerprint density at radius 3 is 2.29 bits per heavy atom. The maximum absolute atomic E-state index is 9.67. The summed E-state index contributed by atoms with van der Waals surface area (Å²) in [5.74, 6) is 1.31. The number of hydrogen-bond acceptors (Lipinski definition) is 3. The van der Waals surface area contributed by atoms with Crippen LogP contribution >= 0.6 is 12.4 Å². The molecular weight excluding hydrogens is 236 g/mol. The third-order valence-electron chi connectivity index (χ3n) is 4.12. The van der Waals surface area contributed by atoms with Gasteiger partial charge in [0.25, 0.3) is 0 Å². The van der Waals surface area contributed by atoms with E-state index < -0.39 is 0 Å². The predicted octanol–water partition coefficient (Wildman–Crippen LogP) is 1.55. The van der Waals surface area contributed by atoms with E-state index in [9.17, 15) is 5.11 Å². The van der Waals surface area contributed by atoms with Crippen molar-refractivity contribution in [3.8, 4) is 0 Å². The normalized spacial score (nSPS) is 30.9. The third-order valence-corrected chi connectivity index (χ3v) is 4.12. The summed E-state index contributed by atoms with van der Waals surface area (Å²) >= 11 is 0. The zero-order valence-electron chi connectivity index (χ0n) is 10.7. The average molecular weight is 263 g/mol. The van der Waals surface area contributed by atoms with Crippen LogP contribution in [-0.4, -0.2) is 37.4 Å². The van der Waals surface area contributed by atoms with Crippen LogP contribution in [0.15, 0.2) is 0 Å². The molecule has 4 heteroatoms. The van der Waals surface area contributed by atoms with Gasteiger partial charge >= 0.3 is 0 Å². The van der Waals surface area contributed by atoms with E-state index >= 15 is 0 Å². The zero-order valence-corrected chi connectivity index (χ0v) is 11.5. The number of aliphatic hydroxyl groups excluding tert-OH is 1. The number of β-amino-alcohol motifs (C(OH)–C–C–N with tert-alkyl or cyclic N) is 1. The summed E-state index contributed by atoms with van der Waals surface area (Å²) in [4.78, 5) is 0. The van der Waals surface area contributed by atoms with E-state index in [-0.39, 0.29) is 18.5 Å². The fraction of sp³-hybridized carbons (Fsp3) is 1.00. The molecule has 2 fully saturated rings. The standard InChI is InChI=1S/C13H26N2O.ClH/c16-13-10-15-9-12(13)8-14-7-11-5-3-1-2-4-6-11;/h11-16H,1-10H2;1H. The minimum atomic E-state index is -0.137. The van der Waals surface area contributed by atoms with Crippen LogP contribution in [0.5, 0.6) is 0 Å². The fourth-order valence-corrected chi connectivity index (χ4v) is 2.97. The Bertz CT molecular complexity index is 196. The molecule has 3 nitrogen and oxygen atoms in total. The molecule has 0 spiro atoms. The minimum Gasteiger partial charge on any atom is -0.391 e. The lowest BCUT2D eigenvalue weighted by molar-refractivity contribution is 0.145. The lowest BCUT2D eigenvalue weighted by Crippen LogP contribution is -2.33. The van der Waals surface area contributed by atoms with Gasteiger partial charge < -0.3 is 15.7 Å². The molecule has 1 aliphatic heterocycles. The molecule has 0 radical (unpaired) electrons. The summed E-state index contributed by atoms with van der Waals surface area (Å²) in [6, 6.07) is 0. The molecule has 1 heterocycles. The Kier molecular flexibility index (Phi) is 7.44. The summed E-state index contributed by atoms with van der Waals surface area (Å²) in [6.45, 7) is 3.88. The monoisotopic (exact) mass is 262 g/mol. The molecule has 0 aromatic rings. The number of hydrogen-bond donors (Lipinski definition) is 3. The number of aliphatic hydroxyl groups is 1. The van der Waals surface area contributed by atoms with Gasteiger partial charge in [-0.05, 0) is 25.3 Å². The Morgan fingerprint density at radius 2 is 1.71 bits per heavy atom. The van der Waals surface area contributed by atoms with Gasteiger partial charge in [0.05, 0.1) is 6.10 Å². The SMILES string of the molecule is Cl.OC1CNCC1CNCC1CCCCCC1. The molecule has 2 rings (SSSR count). The van der Waals surface area contributed by atoms with Crippen molar-refractivity contribution in [1.82, 2.24) is 10.6 Å². The smallest absolute Gasteiger partial charge is 0.0716 e. The van der Waals surface area contributed by atoms with E-state index in [1.165, 1.54) is 38.5 Å². The van der Waals surface area contributed by atoms with Gasteiger partial charge in [-0.25, -0.2) is 0 Å². The van der Waals surface area contributed by atoms with E-state index in [1.807, 2.05) is 0 Å². The quantitative estimate of drug-likeness (QED) is 0.674. The van der Waals surface area contributed by atoms with Crippen molar-refractivity contribution >= 4 is 12.4 Å². The molecule has 1 aliphatic carbocycles. The first-order valence-corrected chi connectivity index (χ1v) is 6.96. The Balaban J connectivity index is 0.00000144. The van der Waals surface area contributed by atoms with Crippen LogP contribution in [0.25, 0.3) is 0 Å². The summed E-state index contributed by atoms with van der Waals surface area (Å²) < 4.78 is 0. The highest BCUT2D eigenvalue weighted by molar-refractivity contribution is 5.85. The minimum absolute atomic E-state index is 0. The Morgan fingerprint density at radius 1 is 1.00 bits per heavy atom. The van der Waals surface area contributed by atoms with Gasteiger partial charge in [0, 0.05) is 25.6 Å². The van der Waals surface area contributed by atoms with E-state index in [0.717, 1.165) is 32.1 Å². The van der Waals surface area contributed by atoms with Crippen molar-refractivity contribution in [3.63, 3.8) is 0 Å². The van der Waals surface area contributed by atoms with Crippen LogP contribution in [0.4, 0.5) is 0 Å². The van der Waals surface area contributed by atoms with E-state index in [1.54, 1.807) is 0 Å². The van der Waals surface area contributed by atoms with Crippen LogP contribution in [-0.2, 0) is 0 Å². The Hall–Kier alpha value is 0.170. The van der Waals surface area contributed by atoms with Gasteiger partial charge in [0.2, 0.25) is 0 Å². The van der Waals surface area contributed by atoms with Crippen molar-refractivity contribution in [1.29, 1.82) is 0 Å². The highest BCUT2D eigenvalue weighted by Crippen LogP contribution is 2.22. The highest BCUT2D eigenvalue weighted by Gasteiger charge is 2.24. The summed E-state index contributed by atoms with van der Waals surface area (Å²) in [6.07, 6.45) is 8.36. The first-order chi connectivity index (χ1) is 7.86. The molecule has 0 bridgehead atoms. The fourth-order valence-electron chi connectivity index (χ4n) is 2.97. The highest BCUT2D eigenvalue weighted by atomic mass is 35.5. The largest absolute Gasteiger partial charge is 0.391 e. The van der Waals surface area contributed by atoms with E-state index in [2.05, 4.69) is 10.6 Å². The molecule has 0 amide bonds. The van der Waals surface area contributed by atoms with Gasteiger partial charge in [0.1, 0.15) is 0 Å². The van der Waals surface area contributed by atoms with Crippen LogP contribution in [0.3, 0.4) is 0 Å². The maximum Gasteiger partial charge on any atom is 0.0716 e. The van der Waals surface area contributed by atoms with Crippen LogP contribution < -0.4 is 10.6 Å². The predicted molar refractivity (Wildman–Crippen MR) is 73.7 cm³/mol. The van der Waals surface area contributed by atoms with E-state index in [0.29, 0.717) is 5.92 Å². The van der Waals surface area contributed by atoms with Gasteiger partial charge in [-0.1, -0.05) is 25.7 Å². The molecule has 17 heavy (non-hydrogen) atoms. The molecule has 0 aromatic carbocycles. The molecule has 2 unspecified atom stereocenters. The van der Waals surface area contributed by atoms with Gasteiger partial charge in [-0.2, -0.15) is 0 Å². The molecule has 2 atom stereocenters. The molecular formula is C13H27ClN2O. The van der Waals surface area contributed by atoms with Crippen molar-refractivity contribution < 1.29 is 5.11 Å². The van der Waals surface area contributed by atoms with Crippen LogP contribution in [0.2, 0.25) is 0 Å². The first kappa shape index (κ1) is 15.2. The van der Waals surface area contributed by atoms with Crippen LogP contribution in [0, 0.1) is 11.8 Å². The molecule has 1 saturated carbocycles. The summed E-state index contributed by atoms with van der Waals surface area (Å²) in [5.41, 5.74) is 0. The number of nitrogens with one attached hydrogen (secondary N) is 2. The summed E-state index contributed by atoms with van der Waals surface area (Å²) in [5, 5.41) is 16.5. The molecule has 0 aromatic heterocycles. The second kappa shape index (κ2) is 8.30. The molecule has 1 saturated heterocycles.